The minimum atomic E-state index is 0.0892. The SMILES string of the molecule is Clc1ccc(C(c2nnnn2C2CCCC2)N2CCN(C3CCCCC3)CC2)cc1. The smallest absolute Gasteiger partial charge is 0.173 e. The summed E-state index contributed by atoms with van der Waals surface area (Å²) in [5, 5.41) is 13.9. The van der Waals surface area contributed by atoms with Crippen molar-refractivity contribution in [2.75, 3.05) is 26.2 Å². The number of rotatable bonds is 5. The van der Waals surface area contributed by atoms with E-state index in [0.717, 1.165) is 43.1 Å². The molecule has 5 rings (SSSR count). The monoisotopic (exact) mass is 428 g/mol. The molecule has 1 aliphatic heterocycles. The Morgan fingerprint density at radius 1 is 0.800 bits per heavy atom. The van der Waals surface area contributed by atoms with Crippen molar-refractivity contribution in [2.45, 2.75) is 75.9 Å². The molecule has 0 spiro atoms. The van der Waals surface area contributed by atoms with Crippen LogP contribution in [0.1, 0.15) is 81.3 Å². The maximum atomic E-state index is 6.20. The summed E-state index contributed by atoms with van der Waals surface area (Å²) in [5.74, 6) is 0.996. The molecular formula is C23H33ClN6. The molecule has 2 aliphatic carbocycles. The Morgan fingerprint density at radius 3 is 2.13 bits per heavy atom. The zero-order chi connectivity index (χ0) is 20.3. The summed E-state index contributed by atoms with van der Waals surface area (Å²) in [6, 6.07) is 9.60. The summed E-state index contributed by atoms with van der Waals surface area (Å²) in [5.41, 5.74) is 1.24. The van der Waals surface area contributed by atoms with Crippen molar-refractivity contribution in [2.24, 2.45) is 0 Å². The Morgan fingerprint density at radius 2 is 1.43 bits per heavy atom. The fraction of sp³-hybridized carbons (Fsp3) is 0.696. The largest absolute Gasteiger partial charge is 0.298 e. The molecule has 1 aromatic heterocycles. The highest BCUT2D eigenvalue weighted by molar-refractivity contribution is 6.30. The molecule has 2 saturated carbocycles. The summed E-state index contributed by atoms with van der Waals surface area (Å²) >= 11 is 6.20. The van der Waals surface area contributed by atoms with Crippen LogP contribution in [0.15, 0.2) is 24.3 Å². The highest BCUT2D eigenvalue weighted by atomic mass is 35.5. The van der Waals surface area contributed by atoms with Gasteiger partial charge in [0.05, 0.1) is 12.1 Å². The molecule has 0 bridgehead atoms. The predicted octanol–water partition coefficient (Wildman–Crippen LogP) is 4.48. The van der Waals surface area contributed by atoms with Crippen LogP contribution in [0.25, 0.3) is 0 Å². The topological polar surface area (TPSA) is 50.1 Å². The van der Waals surface area contributed by atoms with Crippen molar-refractivity contribution in [3.8, 4) is 0 Å². The van der Waals surface area contributed by atoms with E-state index in [2.05, 4.69) is 42.1 Å². The van der Waals surface area contributed by atoms with E-state index in [-0.39, 0.29) is 6.04 Å². The molecule has 1 atom stereocenters. The van der Waals surface area contributed by atoms with E-state index in [4.69, 9.17) is 11.6 Å². The lowest BCUT2D eigenvalue weighted by molar-refractivity contribution is 0.0615. The van der Waals surface area contributed by atoms with Gasteiger partial charge in [-0.1, -0.05) is 55.8 Å². The van der Waals surface area contributed by atoms with Gasteiger partial charge in [0.25, 0.3) is 0 Å². The van der Waals surface area contributed by atoms with Crippen molar-refractivity contribution in [3.63, 3.8) is 0 Å². The van der Waals surface area contributed by atoms with Crippen LogP contribution in [0.2, 0.25) is 5.02 Å². The fourth-order valence-corrected chi connectivity index (χ4v) is 5.89. The van der Waals surface area contributed by atoms with Gasteiger partial charge in [0, 0.05) is 37.2 Å². The van der Waals surface area contributed by atoms with Crippen molar-refractivity contribution in [3.05, 3.63) is 40.7 Å². The first-order chi connectivity index (χ1) is 14.8. The van der Waals surface area contributed by atoms with Gasteiger partial charge in [-0.3, -0.25) is 9.80 Å². The van der Waals surface area contributed by atoms with Crippen LogP contribution in [-0.4, -0.2) is 62.2 Å². The first-order valence-corrected chi connectivity index (χ1v) is 12.2. The minimum absolute atomic E-state index is 0.0892. The summed E-state index contributed by atoms with van der Waals surface area (Å²) in [7, 11) is 0. The van der Waals surface area contributed by atoms with E-state index < -0.39 is 0 Å². The van der Waals surface area contributed by atoms with Crippen LogP contribution in [0.5, 0.6) is 0 Å². The van der Waals surface area contributed by atoms with Crippen molar-refractivity contribution in [1.82, 2.24) is 30.0 Å². The van der Waals surface area contributed by atoms with Gasteiger partial charge in [0.15, 0.2) is 5.82 Å². The Bertz CT molecular complexity index is 801. The lowest BCUT2D eigenvalue weighted by atomic mass is 9.93. The molecular weight excluding hydrogens is 396 g/mol. The molecule has 2 heterocycles. The zero-order valence-electron chi connectivity index (χ0n) is 17.8. The number of aromatic nitrogens is 4. The summed E-state index contributed by atoms with van der Waals surface area (Å²) in [4.78, 5) is 5.31. The average molecular weight is 429 g/mol. The quantitative estimate of drug-likeness (QED) is 0.702. The number of tetrazole rings is 1. The van der Waals surface area contributed by atoms with Gasteiger partial charge in [-0.15, -0.1) is 5.10 Å². The lowest BCUT2D eigenvalue weighted by Gasteiger charge is -2.43. The number of nitrogens with zero attached hydrogens (tertiary/aromatic N) is 6. The van der Waals surface area contributed by atoms with Crippen molar-refractivity contribution >= 4 is 11.6 Å². The van der Waals surface area contributed by atoms with E-state index in [1.54, 1.807) is 0 Å². The second kappa shape index (κ2) is 9.33. The van der Waals surface area contributed by atoms with E-state index in [9.17, 15) is 0 Å². The van der Waals surface area contributed by atoms with E-state index in [0.29, 0.717) is 6.04 Å². The predicted molar refractivity (Wildman–Crippen MR) is 119 cm³/mol. The van der Waals surface area contributed by atoms with Crippen LogP contribution < -0.4 is 0 Å². The Labute approximate surface area is 184 Å². The minimum Gasteiger partial charge on any atom is -0.298 e. The molecule has 1 saturated heterocycles. The number of halogens is 1. The van der Waals surface area contributed by atoms with Gasteiger partial charge in [-0.25, -0.2) is 4.68 Å². The first-order valence-electron chi connectivity index (χ1n) is 11.8. The molecule has 1 aromatic carbocycles. The maximum Gasteiger partial charge on any atom is 0.173 e. The van der Waals surface area contributed by atoms with Crippen LogP contribution in [0.3, 0.4) is 0 Å². The number of piperazine rings is 1. The number of hydrogen-bond acceptors (Lipinski definition) is 5. The van der Waals surface area contributed by atoms with Crippen molar-refractivity contribution < 1.29 is 0 Å². The van der Waals surface area contributed by atoms with Gasteiger partial charge in [0.2, 0.25) is 0 Å². The first kappa shape index (κ1) is 20.4. The van der Waals surface area contributed by atoms with Crippen LogP contribution in [0, 0.1) is 0 Å². The summed E-state index contributed by atoms with van der Waals surface area (Å²) in [6.45, 7) is 4.39. The van der Waals surface area contributed by atoms with Gasteiger partial charge in [-0.2, -0.15) is 0 Å². The molecule has 7 heteroatoms. The molecule has 0 N–H and O–H groups in total. The maximum absolute atomic E-state index is 6.20. The number of benzene rings is 1. The highest BCUT2D eigenvalue weighted by Crippen LogP contribution is 2.35. The second-order valence-corrected chi connectivity index (χ2v) is 9.67. The van der Waals surface area contributed by atoms with E-state index in [1.807, 2.05) is 12.1 Å². The normalized spacial score (nSPS) is 23.8. The lowest BCUT2D eigenvalue weighted by Crippen LogP contribution is -2.52. The third-order valence-electron chi connectivity index (χ3n) is 7.42. The molecule has 162 valence electrons. The molecule has 3 aliphatic rings. The molecule has 1 unspecified atom stereocenters. The molecule has 0 radical (unpaired) electrons. The standard InChI is InChI=1S/C23H33ClN6/c24-19-12-10-18(11-13-19)22(23-25-26-27-30(23)21-8-4-5-9-21)29-16-14-28(15-17-29)20-6-2-1-3-7-20/h10-13,20-22H,1-9,14-17H2. The van der Waals surface area contributed by atoms with Gasteiger partial charge >= 0.3 is 0 Å². The van der Waals surface area contributed by atoms with Crippen LogP contribution >= 0.6 is 11.6 Å². The van der Waals surface area contributed by atoms with Crippen LogP contribution in [0.4, 0.5) is 0 Å². The highest BCUT2D eigenvalue weighted by Gasteiger charge is 2.34. The Kier molecular flexibility index (Phi) is 6.34. The van der Waals surface area contributed by atoms with Crippen molar-refractivity contribution in [1.29, 1.82) is 0 Å². The molecule has 3 fully saturated rings. The average Bonchev–Trinajstić information content (AvgIpc) is 3.48. The Hall–Kier alpha value is -1.50. The van der Waals surface area contributed by atoms with Gasteiger partial charge < -0.3 is 0 Å². The van der Waals surface area contributed by atoms with E-state index >= 15 is 0 Å². The van der Waals surface area contributed by atoms with Gasteiger partial charge in [0.1, 0.15) is 0 Å². The molecule has 30 heavy (non-hydrogen) atoms. The second-order valence-electron chi connectivity index (χ2n) is 9.24. The summed E-state index contributed by atoms with van der Waals surface area (Å²) < 4.78 is 2.12. The number of hydrogen-bond donors (Lipinski definition) is 0. The summed E-state index contributed by atoms with van der Waals surface area (Å²) in [6.07, 6.45) is 11.9. The zero-order valence-corrected chi connectivity index (χ0v) is 18.6. The fourth-order valence-electron chi connectivity index (χ4n) is 5.76. The molecule has 2 aromatic rings. The molecule has 0 amide bonds. The third kappa shape index (κ3) is 4.27. The van der Waals surface area contributed by atoms with Gasteiger partial charge in [-0.05, 0) is 53.8 Å². The molecule has 6 nitrogen and oxygen atoms in total. The Balaban J connectivity index is 1.39. The third-order valence-corrected chi connectivity index (χ3v) is 7.68. The van der Waals surface area contributed by atoms with E-state index in [1.165, 1.54) is 63.4 Å². The van der Waals surface area contributed by atoms with Crippen LogP contribution in [-0.2, 0) is 0 Å².